The largest absolute Gasteiger partial charge is 0.382 e. The Balaban J connectivity index is 1.33. The number of piperidine rings is 1. The van der Waals surface area contributed by atoms with E-state index in [0.717, 1.165) is 39.1 Å². The van der Waals surface area contributed by atoms with Crippen LogP contribution in [0.3, 0.4) is 0 Å². The molecule has 0 bridgehead atoms. The van der Waals surface area contributed by atoms with Gasteiger partial charge in [0.1, 0.15) is 16.9 Å². The van der Waals surface area contributed by atoms with E-state index in [1.807, 2.05) is 0 Å². The number of likely N-dealkylation sites (tertiary alicyclic amines) is 1. The van der Waals surface area contributed by atoms with Crippen LogP contribution in [-0.4, -0.2) is 78.3 Å². The summed E-state index contributed by atoms with van der Waals surface area (Å²) in [7, 11) is 0. The molecule has 0 aromatic carbocycles. The number of anilines is 1. The van der Waals surface area contributed by atoms with E-state index in [1.165, 1.54) is 9.08 Å². The summed E-state index contributed by atoms with van der Waals surface area (Å²) in [6.07, 6.45) is -0.564. The van der Waals surface area contributed by atoms with E-state index in [2.05, 4.69) is 31.9 Å². The van der Waals surface area contributed by atoms with Crippen LogP contribution < -0.4 is 11.4 Å². The molecule has 0 aliphatic carbocycles. The Morgan fingerprint density at radius 2 is 2.03 bits per heavy atom. The zero-order valence-corrected chi connectivity index (χ0v) is 20.2. The molecule has 2 aliphatic heterocycles. The van der Waals surface area contributed by atoms with Gasteiger partial charge < -0.3 is 15.0 Å². The molecule has 0 saturated carbocycles. The summed E-state index contributed by atoms with van der Waals surface area (Å²) in [6, 6.07) is 5.21. The molecule has 0 atom stereocenters. The van der Waals surface area contributed by atoms with Crippen molar-refractivity contribution in [3.63, 3.8) is 0 Å². The third-order valence-corrected chi connectivity index (χ3v) is 7.24. The van der Waals surface area contributed by atoms with Crippen molar-refractivity contribution in [3.05, 3.63) is 35.8 Å². The van der Waals surface area contributed by atoms with Crippen molar-refractivity contribution in [2.75, 3.05) is 32.0 Å². The van der Waals surface area contributed by atoms with E-state index >= 15 is 0 Å². The van der Waals surface area contributed by atoms with E-state index in [-0.39, 0.29) is 23.6 Å². The standard InChI is InChI=1S/C24H29F2N9O/c1-14-28-18-4-3-17(30-22(18)34(14)11-19(25)26)16-7-10-35-20(16)21(27)31-23(32-35)29-15-5-8-33(9-6-15)24(2)12-36-13-24/h3-4,7,10,15,19H,5-6,8-9,11-13H2,1-2H3,(H3,27,29,31,32)/i10D. The van der Waals surface area contributed by atoms with Gasteiger partial charge in [-0.2, -0.15) is 4.98 Å². The number of nitrogen functional groups attached to an aromatic ring is 1. The second-order valence-corrected chi connectivity index (χ2v) is 9.84. The lowest BCUT2D eigenvalue weighted by atomic mass is 9.93. The van der Waals surface area contributed by atoms with Crippen LogP contribution in [0.25, 0.3) is 27.9 Å². The molecule has 0 radical (unpaired) electrons. The van der Waals surface area contributed by atoms with Crippen LogP contribution in [0.15, 0.2) is 29.4 Å². The third-order valence-electron chi connectivity index (χ3n) is 7.24. The molecule has 190 valence electrons. The van der Waals surface area contributed by atoms with Gasteiger partial charge in [0, 0.05) is 24.8 Å². The number of pyridine rings is 1. The van der Waals surface area contributed by atoms with Crippen molar-refractivity contribution in [2.24, 2.45) is 4.99 Å². The summed E-state index contributed by atoms with van der Waals surface area (Å²) in [5.74, 6) is 0.673. The fraction of sp³-hybridized carbons (Fsp3) is 0.500. The van der Waals surface area contributed by atoms with E-state index in [4.69, 9.17) is 16.8 Å². The molecule has 0 spiro atoms. The number of fused-ring (bicyclic) bond motifs is 2. The Labute approximate surface area is 207 Å². The number of nitrogens with two attached hydrogens (primary N) is 1. The first-order valence-corrected chi connectivity index (χ1v) is 12.1. The summed E-state index contributed by atoms with van der Waals surface area (Å²) in [4.78, 5) is 20.7. The molecule has 4 aromatic rings. The Kier molecular flexibility index (Phi) is 5.24. The molecule has 10 nitrogen and oxygen atoms in total. The van der Waals surface area contributed by atoms with Gasteiger partial charge in [-0.05, 0) is 44.9 Å². The molecular weight excluding hydrogens is 468 g/mol. The number of halogens is 2. The van der Waals surface area contributed by atoms with Crippen LogP contribution in [0.5, 0.6) is 0 Å². The fourth-order valence-electron chi connectivity index (χ4n) is 5.18. The first kappa shape index (κ1) is 21.9. The van der Waals surface area contributed by atoms with Gasteiger partial charge in [0.15, 0.2) is 11.5 Å². The lowest BCUT2D eigenvalue weighted by Gasteiger charge is -2.49. The maximum absolute atomic E-state index is 13.1. The lowest BCUT2D eigenvalue weighted by Crippen LogP contribution is -2.62. The molecular formula is C24H29F2N9O. The Morgan fingerprint density at radius 3 is 2.72 bits per heavy atom. The summed E-state index contributed by atoms with van der Waals surface area (Å²) in [5, 5.41) is 3.11. The SMILES string of the molecule is [2H]c1cc(-c2ccc3nc(C)n(CC(F)F)c3n2)c2c(N)nc(=NC3CCN(C4(C)COC4)CC3)[nH]n12. The van der Waals surface area contributed by atoms with Gasteiger partial charge in [-0.25, -0.2) is 23.7 Å². The smallest absolute Gasteiger partial charge is 0.256 e. The highest BCUT2D eigenvalue weighted by Crippen LogP contribution is 2.29. The summed E-state index contributed by atoms with van der Waals surface area (Å²) < 4.78 is 43.1. The van der Waals surface area contributed by atoms with Crippen molar-refractivity contribution in [3.8, 4) is 11.3 Å². The summed E-state index contributed by atoms with van der Waals surface area (Å²) >= 11 is 0. The number of ether oxygens (including phenoxy) is 1. The maximum atomic E-state index is 13.1. The normalized spacial score (nSPS) is 19.9. The summed E-state index contributed by atoms with van der Waals surface area (Å²) in [5.41, 5.74) is 9.31. The number of aryl methyl sites for hydroxylation is 1. The second-order valence-electron chi connectivity index (χ2n) is 9.84. The molecule has 2 saturated heterocycles. The van der Waals surface area contributed by atoms with Crippen LogP contribution in [-0.2, 0) is 11.3 Å². The predicted octanol–water partition coefficient (Wildman–Crippen LogP) is 2.38. The summed E-state index contributed by atoms with van der Waals surface area (Å²) in [6.45, 7) is 6.85. The first-order chi connectivity index (χ1) is 17.7. The quantitative estimate of drug-likeness (QED) is 0.437. The Hall–Kier alpha value is -3.38. The number of imidazole rings is 1. The average molecular weight is 499 g/mol. The zero-order valence-electron chi connectivity index (χ0n) is 21.2. The van der Waals surface area contributed by atoms with Gasteiger partial charge in [0.25, 0.3) is 6.43 Å². The first-order valence-electron chi connectivity index (χ1n) is 12.6. The highest BCUT2D eigenvalue weighted by atomic mass is 19.3. The molecule has 12 heteroatoms. The molecule has 3 N–H and O–H groups in total. The number of H-pyrrole nitrogens is 1. The second kappa shape index (κ2) is 8.63. The van der Waals surface area contributed by atoms with Crippen molar-refractivity contribution in [1.82, 2.24) is 34.0 Å². The number of hydrogen-bond donors (Lipinski definition) is 2. The molecule has 6 rings (SSSR count). The van der Waals surface area contributed by atoms with Crippen LogP contribution in [0.4, 0.5) is 14.6 Å². The minimum Gasteiger partial charge on any atom is -0.382 e. The van der Waals surface area contributed by atoms with Crippen LogP contribution in [0, 0.1) is 6.92 Å². The molecule has 6 heterocycles. The van der Waals surface area contributed by atoms with Gasteiger partial charge in [-0.15, -0.1) is 0 Å². The topological polar surface area (TPSA) is 115 Å². The number of aromatic amines is 1. The van der Waals surface area contributed by atoms with Crippen LogP contribution >= 0.6 is 0 Å². The number of rotatable bonds is 5. The van der Waals surface area contributed by atoms with Gasteiger partial charge >= 0.3 is 0 Å². The Morgan fingerprint density at radius 1 is 1.25 bits per heavy atom. The van der Waals surface area contributed by atoms with Crippen LogP contribution in [0.2, 0.25) is 0 Å². The predicted molar refractivity (Wildman–Crippen MR) is 131 cm³/mol. The van der Waals surface area contributed by atoms with Gasteiger partial charge in [0.05, 0.1) is 38.4 Å². The fourth-order valence-corrected chi connectivity index (χ4v) is 5.18. The molecule has 4 aromatic heterocycles. The number of nitrogens with one attached hydrogen (secondary N) is 1. The third kappa shape index (κ3) is 3.94. The highest BCUT2D eigenvalue weighted by Gasteiger charge is 2.40. The van der Waals surface area contributed by atoms with Crippen molar-refractivity contribution in [1.29, 1.82) is 0 Å². The number of alkyl halides is 2. The highest BCUT2D eigenvalue weighted by molar-refractivity contribution is 5.88. The van der Waals surface area contributed by atoms with Crippen LogP contribution in [0.1, 0.15) is 27.0 Å². The van der Waals surface area contributed by atoms with Crippen molar-refractivity contribution < 1.29 is 14.9 Å². The van der Waals surface area contributed by atoms with Crippen molar-refractivity contribution in [2.45, 2.75) is 51.2 Å². The molecule has 0 amide bonds. The lowest BCUT2D eigenvalue weighted by molar-refractivity contribution is -0.135. The minimum absolute atomic E-state index is 0.105. The number of hydrogen-bond acceptors (Lipinski definition) is 7. The Bertz CT molecular complexity index is 1550. The van der Waals surface area contributed by atoms with E-state index in [1.54, 1.807) is 25.1 Å². The minimum atomic E-state index is -2.53. The molecule has 36 heavy (non-hydrogen) atoms. The molecule has 2 aliphatic rings. The van der Waals surface area contributed by atoms with Gasteiger partial charge in [0.2, 0.25) is 5.62 Å². The van der Waals surface area contributed by atoms with Gasteiger partial charge in [-0.1, -0.05) is 0 Å². The molecule has 0 unspecified atom stereocenters. The number of nitrogens with zero attached hydrogens (tertiary/aromatic N) is 7. The van der Waals surface area contributed by atoms with E-state index in [9.17, 15) is 8.78 Å². The maximum Gasteiger partial charge on any atom is 0.256 e. The van der Waals surface area contributed by atoms with Gasteiger partial charge in [-0.3, -0.25) is 14.5 Å². The van der Waals surface area contributed by atoms with E-state index < -0.39 is 13.0 Å². The zero-order chi connectivity index (χ0) is 25.9. The number of aromatic nitrogens is 6. The molecule has 2 fully saturated rings. The average Bonchev–Trinajstić information content (AvgIpc) is 3.34. The van der Waals surface area contributed by atoms with E-state index in [0.29, 0.717) is 39.4 Å². The van der Waals surface area contributed by atoms with Crippen molar-refractivity contribution >= 4 is 22.5 Å². The monoisotopic (exact) mass is 498 g/mol.